The maximum absolute atomic E-state index is 10.5. The molecule has 18 heavy (non-hydrogen) atoms. The Balaban J connectivity index is 1.85. The molecule has 0 aromatic carbocycles. The number of aliphatic hydroxyl groups excluding tert-OH is 1. The minimum absolute atomic E-state index is 0.0789. The number of aliphatic hydroxyl groups is 1. The van der Waals surface area contributed by atoms with Crippen molar-refractivity contribution in [3.8, 4) is 0 Å². The van der Waals surface area contributed by atoms with Crippen LogP contribution >= 0.6 is 0 Å². The number of rotatable bonds is 1. The van der Waals surface area contributed by atoms with Crippen molar-refractivity contribution in [1.29, 1.82) is 0 Å². The maximum atomic E-state index is 10.5. The fourth-order valence-corrected chi connectivity index (χ4v) is 4.56. The molecular weight excluding hydrogens is 228 g/mol. The Kier molecular flexibility index (Phi) is 3.00. The van der Waals surface area contributed by atoms with Crippen LogP contribution in [0.15, 0.2) is 0 Å². The van der Waals surface area contributed by atoms with Crippen LogP contribution in [0.25, 0.3) is 0 Å². The standard InChI is InChI=1S/C15H26O3/c1-10(2)11-8-13(16)14(3)4-5-15(9-12(11)14)17-6-7-18-15/h10-13,16H,4-9H2,1-3H3/t11-,12+,13+,14-/m0/s1. The van der Waals surface area contributed by atoms with E-state index in [1.807, 2.05) is 0 Å². The molecule has 4 atom stereocenters. The molecule has 3 rings (SSSR count). The fourth-order valence-electron chi connectivity index (χ4n) is 4.56. The smallest absolute Gasteiger partial charge is 0.168 e. The van der Waals surface area contributed by atoms with Crippen molar-refractivity contribution >= 4 is 0 Å². The van der Waals surface area contributed by atoms with Gasteiger partial charge in [-0.2, -0.15) is 0 Å². The van der Waals surface area contributed by atoms with E-state index in [0.29, 0.717) is 17.8 Å². The van der Waals surface area contributed by atoms with Crippen LogP contribution in [0.5, 0.6) is 0 Å². The van der Waals surface area contributed by atoms with Gasteiger partial charge in [0, 0.05) is 12.8 Å². The van der Waals surface area contributed by atoms with Gasteiger partial charge in [0.25, 0.3) is 0 Å². The Labute approximate surface area is 110 Å². The zero-order valence-electron chi connectivity index (χ0n) is 11.8. The second-order valence-electron chi connectivity index (χ2n) is 7.08. The summed E-state index contributed by atoms with van der Waals surface area (Å²) in [5.41, 5.74) is 0.0789. The predicted molar refractivity (Wildman–Crippen MR) is 69.0 cm³/mol. The van der Waals surface area contributed by atoms with Crippen molar-refractivity contribution < 1.29 is 14.6 Å². The molecule has 0 aromatic rings. The minimum Gasteiger partial charge on any atom is -0.393 e. The Morgan fingerprint density at radius 1 is 1.17 bits per heavy atom. The highest BCUT2D eigenvalue weighted by molar-refractivity contribution is 5.06. The van der Waals surface area contributed by atoms with Crippen molar-refractivity contribution in [3.05, 3.63) is 0 Å². The second kappa shape index (κ2) is 4.19. The molecule has 3 nitrogen and oxygen atoms in total. The van der Waals surface area contributed by atoms with Crippen LogP contribution < -0.4 is 0 Å². The van der Waals surface area contributed by atoms with Crippen molar-refractivity contribution in [2.75, 3.05) is 13.2 Å². The summed E-state index contributed by atoms with van der Waals surface area (Å²) < 4.78 is 11.8. The van der Waals surface area contributed by atoms with Crippen LogP contribution in [0, 0.1) is 23.2 Å². The molecule has 3 fully saturated rings. The van der Waals surface area contributed by atoms with Crippen LogP contribution in [0.3, 0.4) is 0 Å². The largest absolute Gasteiger partial charge is 0.393 e. The van der Waals surface area contributed by atoms with Crippen LogP contribution in [0.1, 0.15) is 46.5 Å². The van der Waals surface area contributed by atoms with Crippen molar-refractivity contribution in [3.63, 3.8) is 0 Å². The number of ether oxygens (including phenoxy) is 2. The first-order chi connectivity index (χ1) is 8.47. The van der Waals surface area contributed by atoms with Gasteiger partial charge in [-0.25, -0.2) is 0 Å². The fraction of sp³-hybridized carbons (Fsp3) is 1.00. The van der Waals surface area contributed by atoms with Gasteiger partial charge in [-0.05, 0) is 36.0 Å². The molecule has 0 bridgehead atoms. The monoisotopic (exact) mass is 254 g/mol. The second-order valence-corrected chi connectivity index (χ2v) is 7.08. The molecule has 0 unspecified atom stereocenters. The lowest BCUT2D eigenvalue weighted by Gasteiger charge is -2.47. The molecule has 3 heteroatoms. The molecule has 1 saturated heterocycles. The van der Waals surface area contributed by atoms with Gasteiger partial charge in [0.2, 0.25) is 0 Å². The van der Waals surface area contributed by atoms with Gasteiger partial charge in [0.1, 0.15) is 0 Å². The Bertz CT molecular complexity index is 322. The molecule has 0 radical (unpaired) electrons. The van der Waals surface area contributed by atoms with E-state index < -0.39 is 0 Å². The van der Waals surface area contributed by atoms with Gasteiger partial charge < -0.3 is 14.6 Å². The van der Waals surface area contributed by atoms with Gasteiger partial charge in [-0.15, -0.1) is 0 Å². The molecule has 1 spiro atoms. The normalized spacial score (nSPS) is 46.8. The van der Waals surface area contributed by atoms with Gasteiger partial charge in [0.05, 0.1) is 19.3 Å². The summed E-state index contributed by atoms with van der Waals surface area (Å²) in [7, 11) is 0. The summed E-state index contributed by atoms with van der Waals surface area (Å²) >= 11 is 0. The Morgan fingerprint density at radius 2 is 1.83 bits per heavy atom. The summed E-state index contributed by atoms with van der Waals surface area (Å²) in [6, 6.07) is 0. The molecule has 0 amide bonds. The molecule has 3 aliphatic rings. The van der Waals surface area contributed by atoms with E-state index in [2.05, 4.69) is 20.8 Å². The van der Waals surface area contributed by atoms with Gasteiger partial charge in [0.15, 0.2) is 5.79 Å². The van der Waals surface area contributed by atoms with Crippen molar-refractivity contribution in [1.82, 2.24) is 0 Å². The van der Waals surface area contributed by atoms with Gasteiger partial charge >= 0.3 is 0 Å². The topological polar surface area (TPSA) is 38.7 Å². The average molecular weight is 254 g/mol. The van der Waals surface area contributed by atoms with Crippen molar-refractivity contribution in [2.24, 2.45) is 23.2 Å². The number of hydrogen-bond donors (Lipinski definition) is 1. The van der Waals surface area contributed by atoms with Crippen LogP contribution in [-0.4, -0.2) is 30.2 Å². The number of hydrogen-bond acceptors (Lipinski definition) is 3. The first kappa shape index (κ1) is 12.9. The molecule has 1 heterocycles. The first-order valence-corrected chi connectivity index (χ1v) is 7.43. The molecule has 0 aromatic heterocycles. The quantitative estimate of drug-likeness (QED) is 0.781. The third-order valence-corrected chi connectivity index (χ3v) is 5.87. The summed E-state index contributed by atoms with van der Waals surface area (Å²) in [6.45, 7) is 8.30. The first-order valence-electron chi connectivity index (χ1n) is 7.43. The van der Waals surface area contributed by atoms with E-state index in [1.54, 1.807) is 0 Å². The van der Waals surface area contributed by atoms with E-state index in [4.69, 9.17) is 9.47 Å². The number of fused-ring (bicyclic) bond motifs is 1. The minimum atomic E-state index is -0.318. The average Bonchev–Trinajstić information content (AvgIpc) is 2.87. The maximum Gasteiger partial charge on any atom is 0.168 e. The van der Waals surface area contributed by atoms with Crippen LogP contribution in [0.4, 0.5) is 0 Å². The van der Waals surface area contributed by atoms with E-state index in [0.717, 1.165) is 38.9 Å². The third kappa shape index (κ3) is 1.75. The third-order valence-electron chi connectivity index (χ3n) is 5.87. The highest BCUT2D eigenvalue weighted by atomic mass is 16.7. The highest BCUT2D eigenvalue weighted by Crippen LogP contribution is 2.59. The predicted octanol–water partition coefficient (Wildman–Crippen LogP) is 2.57. The van der Waals surface area contributed by atoms with E-state index in [-0.39, 0.29) is 17.3 Å². The van der Waals surface area contributed by atoms with Crippen LogP contribution in [-0.2, 0) is 9.47 Å². The molecular formula is C15H26O3. The molecule has 104 valence electrons. The van der Waals surface area contributed by atoms with Gasteiger partial charge in [-0.1, -0.05) is 20.8 Å². The zero-order chi connectivity index (χ0) is 13.0. The molecule has 1 N–H and O–H groups in total. The van der Waals surface area contributed by atoms with E-state index >= 15 is 0 Å². The van der Waals surface area contributed by atoms with Crippen molar-refractivity contribution in [2.45, 2.75) is 58.3 Å². The highest BCUT2D eigenvalue weighted by Gasteiger charge is 2.59. The molecule has 2 saturated carbocycles. The summed E-state index contributed by atoms with van der Waals surface area (Å²) in [5, 5.41) is 10.5. The lowest BCUT2D eigenvalue weighted by molar-refractivity contribution is -0.212. The molecule has 1 aliphatic heterocycles. The van der Waals surface area contributed by atoms with E-state index in [1.165, 1.54) is 0 Å². The summed E-state index contributed by atoms with van der Waals surface area (Å²) in [6.07, 6.45) is 3.76. The Morgan fingerprint density at radius 3 is 2.44 bits per heavy atom. The van der Waals surface area contributed by atoms with E-state index in [9.17, 15) is 5.11 Å². The Hall–Kier alpha value is -0.120. The lowest BCUT2D eigenvalue weighted by Crippen LogP contribution is -2.47. The zero-order valence-corrected chi connectivity index (χ0v) is 11.8. The SMILES string of the molecule is CC(C)[C@@H]1C[C@@H](O)[C@@]2(C)CCC3(C[C@H]12)OCCO3. The van der Waals surface area contributed by atoms with Crippen LogP contribution in [0.2, 0.25) is 0 Å². The lowest BCUT2D eigenvalue weighted by atomic mass is 9.63. The summed E-state index contributed by atoms with van der Waals surface area (Å²) in [5.74, 6) is 1.46. The van der Waals surface area contributed by atoms with Gasteiger partial charge in [-0.3, -0.25) is 0 Å². The summed E-state index contributed by atoms with van der Waals surface area (Å²) in [4.78, 5) is 0. The molecule has 2 aliphatic carbocycles.